The predicted molar refractivity (Wildman–Crippen MR) is 78.3 cm³/mol. The highest BCUT2D eigenvalue weighted by Gasteiger charge is 2.18. The molecule has 0 spiro atoms. The lowest BCUT2D eigenvalue weighted by Gasteiger charge is -2.07. The minimum absolute atomic E-state index is 0.0108. The molecule has 2 heterocycles. The van der Waals surface area contributed by atoms with E-state index in [1.54, 1.807) is 0 Å². The monoisotopic (exact) mass is 356 g/mol. The van der Waals surface area contributed by atoms with Gasteiger partial charge < -0.3 is 0 Å². The van der Waals surface area contributed by atoms with Crippen molar-refractivity contribution in [1.82, 2.24) is 19.7 Å². The Morgan fingerprint density at radius 2 is 1.62 bits per heavy atom. The fourth-order valence-electron chi connectivity index (χ4n) is 2.15. The molecule has 0 atom stereocenters. The molecule has 1 aromatic carbocycles. The fraction of sp³-hybridized carbons (Fsp3) is 0.133. The molecule has 0 saturated carbocycles. The smallest absolute Gasteiger partial charge is 0.239 e. The van der Waals surface area contributed by atoms with Gasteiger partial charge in [0.25, 0.3) is 6.43 Å². The standard InChI is InChI=1S/C15H9ClF4N4/c16-8-6-21-14(22-7-8)5-12-4-13(15(19)20)23-24(12)11-2-9(17)1-10(18)3-11/h1-4,6-7,15H,5H2. The Morgan fingerprint density at radius 1 is 1.00 bits per heavy atom. The lowest BCUT2D eigenvalue weighted by molar-refractivity contribution is 0.145. The van der Waals surface area contributed by atoms with Crippen molar-refractivity contribution in [3.05, 3.63) is 70.5 Å². The number of aromatic nitrogens is 4. The van der Waals surface area contributed by atoms with Crippen LogP contribution >= 0.6 is 11.6 Å². The molecule has 0 unspecified atom stereocenters. The highest BCUT2D eigenvalue weighted by Crippen LogP contribution is 2.23. The van der Waals surface area contributed by atoms with Crippen LogP contribution in [0.4, 0.5) is 17.6 Å². The van der Waals surface area contributed by atoms with Crippen molar-refractivity contribution < 1.29 is 17.6 Å². The summed E-state index contributed by atoms with van der Waals surface area (Å²) >= 11 is 5.70. The number of alkyl halides is 2. The van der Waals surface area contributed by atoms with Crippen molar-refractivity contribution in [1.29, 1.82) is 0 Å². The second-order valence-electron chi connectivity index (χ2n) is 4.89. The van der Waals surface area contributed by atoms with E-state index in [-0.39, 0.29) is 17.8 Å². The minimum Gasteiger partial charge on any atom is -0.239 e. The Morgan fingerprint density at radius 3 is 2.21 bits per heavy atom. The van der Waals surface area contributed by atoms with Gasteiger partial charge in [0.1, 0.15) is 23.2 Å². The average Bonchev–Trinajstić information content (AvgIpc) is 2.93. The first kappa shape index (κ1) is 16.4. The SMILES string of the molecule is Fc1cc(F)cc(-n2nc(C(F)F)cc2Cc2ncc(Cl)cn2)c1. The summed E-state index contributed by atoms with van der Waals surface area (Å²) in [5.74, 6) is -1.38. The van der Waals surface area contributed by atoms with Crippen LogP contribution in [-0.4, -0.2) is 19.7 Å². The lowest BCUT2D eigenvalue weighted by atomic mass is 10.2. The van der Waals surface area contributed by atoms with E-state index in [1.165, 1.54) is 12.4 Å². The van der Waals surface area contributed by atoms with E-state index in [2.05, 4.69) is 15.1 Å². The number of rotatable bonds is 4. The molecule has 0 aliphatic rings. The molecular weight excluding hydrogens is 348 g/mol. The number of nitrogens with zero attached hydrogens (tertiary/aromatic N) is 4. The molecule has 0 saturated heterocycles. The lowest BCUT2D eigenvalue weighted by Crippen LogP contribution is -2.06. The molecule has 0 bridgehead atoms. The number of halogens is 5. The van der Waals surface area contributed by atoms with Crippen LogP contribution in [0.5, 0.6) is 0 Å². The average molecular weight is 357 g/mol. The highest BCUT2D eigenvalue weighted by molar-refractivity contribution is 6.30. The van der Waals surface area contributed by atoms with Crippen LogP contribution in [0, 0.1) is 11.6 Å². The molecule has 0 amide bonds. The van der Waals surface area contributed by atoms with Crippen molar-refractivity contribution in [3.63, 3.8) is 0 Å². The first-order chi connectivity index (χ1) is 11.4. The van der Waals surface area contributed by atoms with Gasteiger partial charge in [0.15, 0.2) is 0 Å². The number of hydrogen-bond donors (Lipinski definition) is 0. The van der Waals surface area contributed by atoms with Gasteiger partial charge in [0.2, 0.25) is 0 Å². The first-order valence-electron chi connectivity index (χ1n) is 6.72. The van der Waals surface area contributed by atoms with Gasteiger partial charge in [-0.05, 0) is 18.2 Å². The van der Waals surface area contributed by atoms with Crippen LogP contribution in [0.15, 0.2) is 36.7 Å². The van der Waals surface area contributed by atoms with Crippen LogP contribution in [0.3, 0.4) is 0 Å². The van der Waals surface area contributed by atoms with Crippen LogP contribution < -0.4 is 0 Å². The molecule has 0 aliphatic carbocycles. The Hall–Kier alpha value is -2.48. The zero-order chi connectivity index (χ0) is 17.3. The zero-order valence-electron chi connectivity index (χ0n) is 11.9. The van der Waals surface area contributed by atoms with Crippen LogP contribution in [-0.2, 0) is 6.42 Å². The van der Waals surface area contributed by atoms with Gasteiger partial charge in [0.05, 0.1) is 22.8 Å². The Labute approximate surface area is 138 Å². The summed E-state index contributed by atoms with van der Waals surface area (Å²) < 4.78 is 53.8. The Balaban J connectivity index is 2.05. The van der Waals surface area contributed by atoms with Crippen LogP contribution in [0.2, 0.25) is 5.02 Å². The van der Waals surface area contributed by atoms with Gasteiger partial charge in [-0.3, -0.25) is 0 Å². The maximum Gasteiger partial charge on any atom is 0.282 e. The summed E-state index contributed by atoms with van der Waals surface area (Å²) in [7, 11) is 0. The quantitative estimate of drug-likeness (QED) is 0.660. The molecule has 3 rings (SSSR count). The molecule has 0 radical (unpaired) electrons. The summed E-state index contributed by atoms with van der Waals surface area (Å²) in [5, 5.41) is 4.05. The maximum absolute atomic E-state index is 13.4. The van der Waals surface area contributed by atoms with E-state index in [0.717, 1.165) is 22.9 Å². The molecule has 0 aliphatic heterocycles. The van der Waals surface area contributed by atoms with Crippen molar-refractivity contribution in [2.75, 3.05) is 0 Å². The van der Waals surface area contributed by atoms with Crippen molar-refractivity contribution >= 4 is 11.6 Å². The Bertz CT molecular complexity index is 844. The second-order valence-corrected chi connectivity index (χ2v) is 5.33. The third-order valence-corrected chi connectivity index (χ3v) is 3.33. The van der Waals surface area contributed by atoms with Crippen LogP contribution in [0.25, 0.3) is 5.69 Å². The van der Waals surface area contributed by atoms with Gasteiger partial charge in [-0.25, -0.2) is 32.2 Å². The van der Waals surface area contributed by atoms with Crippen molar-refractivity contribution in [3.8, 4) is 5.69 Å². The van der Waals surface area contributed by atoms with E-state index in [0.29, 0.717) is 16.9 Å². The normalized spacial score (nSPS) is 11.2. The largest absolute Gasteiger partial charge is 0.282 e. The molecule has 124 valence electrons. The van der Waals surface area contributed by atoms with E-state index in [4.69, 9.17) is 11.6 Å². The summed E-state index contributed by atoms with van der Waals surface area (Å²) in [6.07, 6.45) is -0.0646. The topological polar surface area (TPSA) is 43.6 Å². The summed E-state index contributed by atoms with van der Waals surface area (Å²) in [5.41, 5.74) is -0.260. The predicted octanol–water partition coefficient (Wildman–Crippen LogP) is 4.12. The molecule has 3 aromatic rings. The van der Waals surface area contributed by atoms with Gasteiger partial charge in [-0.2, -0.15) is 5.10 Å². The minimum atomic E-state index is -2.82. The third kappa shape index (κ3) is 3.53. The second kappa shape index (κ2) is 6.56. The molecule has 0 N–H and O–H groups in total. The Kier molecular flexibility index (Phi) is 4.48. The first-order valence-corrected chi connectivity index (χ1v) is 7.10. The van der Waals surface area contributed by atoms with E-state index >= 15 is 0 Å². The van der Waals surface area contributed by atoms with Gasteiger partial charge in [0, 0.05) is 18.5 Å². The zero-order valence-corrected chi connectivity index (χ0v) is 12.7. The van der Waals surface area contributed by atoms with Gasteiger partial charge >= 0.3 is 0 Å². The van der Waals surface area contributed by atoms with Crippen molar-refractivity contribution in [2.24, 2.45) is 0 Å². The number of hydrogen-bond acceptors (Lipinski definition) is 3. The van der Waals surface area contributed by atoms with E-state index in [1.807, 2.05) is 0 Å². The molecular formula is C15H9ClF4N4. The van der Waals surface area contributed by atoms with Crippen molar-refractivity contribution in [2.45, 2.75) is 12.8 Å². The summed E-state index contributed by atoms with van der Waals surface area (Å²) in [6, 6.07) is 3.82. The van der Waals surface area contributed by atoms with Gasteiger partial charge in [-0.15, -0.1) is 0 Å². The number of benzene rings is 1. The van der Waals surface area contributed by atoms with E-state index in [9.17, 15) is 17.6 Å². The summed E-state index contributed by atoms with van der Waals surface area (Å²) in [6.45, 7) is 0. The fourth-order valence-corrected chi connectivity index (χ4v) is 2.25. The van der Waals surface area contributed by atoms with Crippen LogP contribution in [0.1, 0.15) is 23.6 Å². The molecule has 0 fully saturated rings. The van der Waals surface area contributed by atoms with Gasteiger partial charge in [-0.1, -0.05) is 11.6 Å². The maximum atomic E-state index is 13.4. The summed E-state index contributed by atoms with van der Waals surface area (Å²) in [4.78, 5) is 7.96. The molecule has 9 heteroatoms. The molecule has 4 nitrogen and oxygen atoms in total. The highest BCUT2D eigenvalue weighted by atomic mass is 35.5. The third-order valence-electron chi connectivity index (χ3n) is 3.13. The molecule has 24 heavy (non-hydrogen) atoms. The molecule has 2 aromatic heterocycles. The van der Waals surface area contributed by atoms with E-state index < -0.39 is 23.8 Å².